The molecule has 2 atom stereocenters. The fraction of sp³-hybridized carbons (Fsp3) is 0.192. The zero-order valence-electron chi connectivity index (χ0n) is 19.2. The van der Waals surface area contributed by atoms with Gasteiger partial charge in [-0.05, 0) is 55.0 Å². The van der Waals surface area contributed by atoms with Crippen molar-refractivity contribution in [2.24, 2.45) is 0 Å². The molecule has 0 saturated heterocycles. The second-order valence-electron chi connectivity index (χ2n) is 8.23. The van der Waals surface area contributed by atoms with Gasteiger partial charge >= 0.3 is 6.18 Å². The Morgan fingerprint density at radius 1 is 1.03 bits per heavy atom. The van der Waals surface area contributed by atoms with Crippen molar-refractivity contribution >= 4 is 38.0 Å². The molecular formula is C26H21F3N2O3S2. The molecule has 0 bridgehead atoms. The van der Waals surface area contributed by atoms with Gasteiger partial charge < -0.3 is 4.98 Å². The number of fused-ring (bicyclic) bond motifs is 1. The van der Waals surface area contributed by atoms with Crippen molar-refractivity contribution in [3.05, 3.63) is 88.4 Å². The van der Waals surface area contributed by atoms with E-state index in [1.165, 1.54) is 31.2 Å². The lowest BCUT2D eigenvalue weighted by Gasteiger charge is -2.22. The van der Waals surface area contributed by atoms with E-state index in [4.69, 9.17) is 0 Å². The summed E-state index contributed by atoms with van der Waals surface area (Å²) in [6.45, 7) is 3.13. The molecule has 2 aromatic heterocycles. The van der Waals surface area contributed by atoms with Crippen molar-refractivity contribution in [1.82, 2.24) is 9.71 Å². The molecular weight excluding hydrogens is 509 g/mol. The number of para-hydroxylation sites is 1. The Labute approximate surface area is 210 Å². The van der Waals surface area contributed by atoms with E-state index in [0.717, 1.165) is 39.9 Å². The highest BCUT2D eigenvalue weighted by atomic mass is 32.2. The van der Waals surface area contributed by atoms with Crippen molar-refractivity contribution < 1.29 is 26.4 Å². The number of H-pyrrole nitrogens is 1. The van der Waals surface area contributed by atoms with Crippen molar-refractivity contribution in [2.75, 3.05) is 0 Å². The van der Waals surface area contributed by atoms with Crippen LogP contribution in [0.25, 0.3) is 10.9 Å². The summed E-state index contributed by atoms with van der Waals surface area (Å²) in [5.74, 6) is 4.75. The molecule has 36 heavy (non-hydrogen) atoms. The molecule has 0 fully saturated rings. The molecule has 2 unspecified atom stereocenters. The number of benzene rings is 2. The largest absolute Gasteiger partial charge is 0.416 e. The Hall–Kier alpha value is -3.39. The number of Topliss-reactive ketones (excluding diaryl/α,β-unsaturated/α-hetero) is 1. The van der Waals surface area contributed by atoms with E-state index in [2.05, 4.69) is 21.5 Å². The van der Waals surface area contributed by atoms with Gasteiger partial charge in [-0.25, -0.2) is 8.42 Å². The van der Waals surface area contributed by atoms with Gasteiger partial charge in [0, 0.05) is 28.6 Å². The first-order valence-electron chi connectivity index (χ1n) is 10.8. The van der Waals surface area contributed by atoms with E-state index in [1.54, 1.807) is 13.1 Å². The fourth-order valence-electron chi connectivity index (χ4n) is 3.82. The zero-order chi connectivity index (χ0) is 26.1. The summed E-state index contributed by atoms with van der Waals surface area (Å²) < 4.78 is 66.8. The molecule has 0 radical (unpaired) electrons. The maximum atomic E-state index is 13.1. The first-order chi connectivity index (χ1) is 17.0. The number of carbonyl (C=O) groups excluding carboxylic acids is 1. The third kappa shape index (κ3) is 5.54. The van der Waals surface area contributed by atoms with Crippen LogP contribution in [0.5, 0.6) is 0 Å². The van der Waals surface area contributed by atoms with Crippen LogP contribution >= 0.6 is 11.3 Å². The number of hydrogen-bond donors (Lipinski definition) is 2. The third-order valence-corrected chi connectivity index (χ3v) is 8.65. The number of halogens is 3. The van der Waals surface area contributed by atoms with Crippen LogP contribution in [0.2, 0.25) is 0 Å². The molecule has 2 heterocycles. The number of alkyl halides is 3. The van der Waals surface area contributed by atoms with Crippen LogP contribution in [0.4, 0.5) is 13.2 Å². The summed E-state index contributed by atoms with van der Waals surface area (Å²) in [7, 11) is -4.03. The topological polar surface area (TPSA) is 79.0 Å². The van der Waals surface area contributed by atoms with Gasteiger partial charge in [-0.3, -0.25) is 4.79 Å². The van der Waals surface area contributed by atoms with E-state index in [0.29, 0.717) is 10.4 Å². The van der Waals surface area contributed by atoms with Gasteiger partial charge in [0.2, 0.25) is 0 Å². The van der Waals surface area contributed by atoms with Gasteiger partial charge in [0.15, 0.2) is 0 Å². The standard InChI is InChI=1S/C26H21F3N2O3S2/c1-16(22-15-30-23-6-4-3-5-21(22)23)25(17(2)32)31-36(33,34)24-14-13-20(35-24)12-9-18-7-10-19(11-8-18)26(27,28)29/h3-8,10-11,13-16,25,30-31H,1-2H3. The van der Waals surface area contributed by atoms with Crippen LogP contribution in [0.1, 0.15) is 41.3 Å². The Bertz CT molecular complexity index is 1570. The Morgan fingerprint density at radius 3 is 2.39 bits per heavy atom. The van der Waals surface area contributed by atoms with E-state index in [-0.39, 0.29) is 9.99 Å². The van der Waals surface area contributed by atoms with Crippen molar-refractivity contribution in [3.8, 4) is 11.8 Å². The SMILES string of the molecule is CC(=O)C(NS(=O)(=O)c1ccc(C#Cc2ccc(C(F)(F)F)cc2)s1)C(C)c1c[nH]c2ccccc12. The van der Waals surface area contributed by atoms with Gasteiger partial charge in [0.1, 0.15) is 9.99 Å². The van der Waals surface area contributed by atoms with Gasteiger partial charge in [0.25, 0.3) is 10.0 Å². The van der Waals surface area contributed by atoms with Crippen molar-refractivity contribution in [3.63, 3.8) is 0 Å². The van der Waals surface area contributed by atoms with E-state index < -0.39 is 33.7 Å². The molecule has 10 heteroatoms. The lowest BCUT2D eigenvalue weighted by atomic mass is 9.91. The smallest absolute Gasteiger partial charge is 0.361 e. The number of sulfonamides is 1. The molecule has 0 aliphatic rings. The Kier molecular flexibility index (Phi) is 7.09. The Morgan fingerprint density at radius 2 is 1.72 bits per heavy atom. The molecule has 186 valence electrons. The third-order valence-electron chi connectivity index (χ3n) is 5.72. The number of thiophene rings is 1. The summed E-state index contributed by atoms with van der Waals surface area (Å²) >= 11 is 0.910. The molecule has 0 amide bonds. The summed E-state index contributed by atoms with van der Waals surface area (Å²) in [5, 5.41) is 0.910. The molecule has 0 aliphatic carbocycles. The quantitative estimate of drug-likeness (QED) is 0.315. The van der Waals surface area contributed by atoms with E-state index in [1.807, 2.05) is 24.3 Å². The molecule has 5 nitrogen and oxygen atoms in total. The Balaban J connectivity index is 1.53. The second-order valence-corrected chi connectivity index (χ2v) is 11.3. The number of rotatable bonds is 6. The maximum absolute atomic E-state index is 13.1. The summed E-state index contributed by atoms with van der Waals surface area (Å²) in [6, 6.07) is 13.9. The normalized spacial score (nSPS) is 13.7. The van der Waals surface area contributed by atoms with E-state index in [9.17, 15) is 26.4 Å². The van der Waals surface area contributed by atoms with Crippen molar-refractivity contribution in [2.45, 2.75) is 36.2 Å². The van der Waals surface area contributed by atoms with Gasteiger partial charge in [-0.2, -0.15) is 17.9 Å². The summed E-state index contributed by atoms with van der Waals surface area (Å²) in [5.41, 5.74) is 1.30. The maximum Gasteiger partial charge on any atom is 0.416 e. The number of ketones is 1. The van der Waals surface area contributed by atoms with Crippen LogP contribution in [0.15, 0.2) is 71.1 Å². The minimum absolute atomic E-state index is 0.0170. The molecule has 4 aromatic rings. The van der Waals surface area contributed by atoms with Gasteiger partial charge in [-0.1, -0.05) is 37.0 Å². The zero-order valence-corrected chi connectivity index (χ0v) is 20.8. The van der Waals surface area contributed by atoms with Crippen LogP contribution in [0, 0.1) is 11.8 Å². The molecule has 0 spiro atoms. The van der Waals surface area contributed by atoms with Gasteiger partial charge in [0.05, 0.1) is 16.5 Å². The molecule has 2 aromatic carbocycles. The highest BCUT2D eigenvalue weighted by molar-refractivity contribution is 7.91. The first-order valence-corrected chi connectivity index (χ1v) is 13.1. The minimum Gasteiger partial charge on any atom is -0.361 e. The van der Waals surface area contributed by atoms with E-state index >= 15 is 0 Å². The molecule has 4 rings (SSSR count). The number of nitrogens with one attached hydrogen (secondary N) is 2. The fourth-order valence-corrected chi connectivity index (χ4v) is 6.33. The number of hydrogen-bond acceptors (Lipinski definition) is 4. The lowest BCUT2D eigenvalue weighted by Crippen LogP contribution is -2.42. The van der Waals surface area contributed by atoms with Crippen LogP contribution < -0.4 is 4.72 Å². The highest BCUT2D eigenvalue weighted by Crippen LogP contribution is 2.30. The van der Waals surface area contributed by atoms with Crippen molar-refractivity contribution in [1.29, 1.82) is 0 Å². The predicted octanol–water partition coefficient (Wildman–Crippen LogP) is 5.69. The summed E-state index contributed by atoms with van der Waals surface area (Å²) in [6.07, 6.45) is -2.65. The highest BCUT2D eigenvalue weighted by Gasteiger charge is 2.31. The minimum atomic E-state index is -4.43. The van der Waals surface area contributed by atoms with Crippen LogP contribution in [-0.2, 0) is 21.0 Å². The first kappa shape index (κ1) is 25.7. The number of carbonyl (C=O) groups is 1. The number of aromatic nitrogens is 1. The lowest BCUT2D eigenvalue weighted by molar-refractivity contribution is -0.137. The van der Waals surface area contributed by atoms with Gasteiger partial charge in [-0.15, -0.1) is 11.3 Å². The second kappa shape index (κ2) is 9.93. The number of aromatic amines is 1. The molecule has 2 N–H and O–H groups in total. The monoisotopic (exact) mass is 530 g/mol. The van der Waals surface area contributed by atoms with Crippen LogP contribution in [0.3, 0.4) is 0 Å². The molecule has 0 saturated carbocycles. The predicted molar refractivity (Wildman–Crippen MR) is 133 cm³/mol. The summed E-state index contributed by atoms with van der Waals surface area (Å²) in [4.78, 5) is 16.0. The average molecular weight is 531 g/mol. The van der Waals surface area contributed by atoms with Crippen LogP contribution in [-0.4, -0.2) is 25.2 Å². The average Bonchev–Trinajstić information content (AvgIpc) is 3.48. The molecule has 0 aliphatic heterocycles.